The molecular formula is C24H19N5O2. The van der Waals surface area contributed by atoms with Gasteiger partial charge < -0.3 is 4.74 Å². The highest BCUT2D eigenvalue weighted by atomic mass is 16.5. The Balaban J connectivity index is 1.85. The number of ether oxygens (including phenoxy) is 1. The first kappa shape index (κ1) is 19.9. The number of nitriles is 1. The van der Waals surface area contributed by atoms with Gasteiger partial charge in [0, 0.05) is 17.3 Å². The van der Waals surface area contributed by atoms with Crippen LogP contribution in [0.5, 0.6) is 5.75 Å². The minimum atomic E-state index is -0.497. The largest absolute Gasteiger partial charge is 0.496 e. The van der Waals surface area contributed by atoms with Gasteiger partial charge >= 0.3 is 0 Å². The van der Waals surface area contributed by atoms with Crippen molar-refractivity contribution in [2.45, 2.75) is 6.92 Å². The zero-order chi connectivity index (χ0) is 21.8. The van der Waals surface area contributed by atoms with E-state index in [1.165, 1.54) is 0 Å². The second-order valence-corrected chi connectivity index (χ2v) is 6.80. The van der Waals surface area contributed by atoms with E-state index >= 15 is 0 Å². The zero-order valence-electron chi connectivity index (χ0n) is 17.0. The lowest BCUT2D eigenvalue weighted by Crippen LogP contribution is -2.15. The molecule has 4 aromatic rings. The molecule has 0 aliphatic heterocycles. The maximum atomic E-state index is 11.8. The van der Waals surface area contributed by atoms with E-state index in [4.69, 9.17) is 9.84 Å². The van der Waals surface area contributed by atoms with E-state index in [2.05, 4.69) is 10.2 Å². The molecule has 0 atom stereocenters. The second kappa shape index (κ2) is 8.51. The predicted molar refractivity (Wildman–Crippen MR) is 119 cm³/mol. The maximum absolute atomic E-state index is 11.8. The molecule has 0 aliphatic carbocycles. The number of benzene rings is 2. The van der Waals surface area contributed by atoms with E-state index in [0.717, 1.165) is 22.5 Å². The van der Waals surface area contributed by atoms with Gasteiger partial charge in [-0.15, -0.1) is 0 Å². The second-order valence-electron chi connectivity index (χ2n) is 6.80. The molecule has 0 fully saturated rings. The summed E-state index contributed by atoms with van der Waals surface area (Å²) in [6.07, 6.45) is 5.54. The number of methoxy groups -OCH3 is 1. The van der Waals surface area contributed by atoms with Crippen molar-refractivity contribution >= 4 is 12.2 Å². The van der Waals surface area contributed by atoms with Crippen LogP contribution in [0.1, 0.15) is 22.4 Å². The molecule has 1 N–H and O–H groups in total. The molecule has 0 radical (unpaired) electrons. The van der Waals surface area contributed by atoms with Crippen LogP contribution in [0.25, 0.3) is 29.1 Å². The van der Waals surface area contributed by atoms with E-state index in [0.29, 0.717) is 17.0 Å². The quantitative estimate of drug-likeness (QED) is 0.538. The third-order valence-corrected chi connectivity index (χ3v) is 4.92. The molecule has 7 heteroatoms. The standard InChI is InChI=1S/C24H19N5O2/c1-16-20(14-25)24(30)27-26-21(16)13-12-17-15-29(18-8-4-3-5-9-18)28-23(17)19-10-6-7-11-22(19)31-2/h3-13,15H,1-2H3,(H,27,30)/b13-12+. The lowest BCUT2D eigenvalue weighted by molar-refractivity contribution is 0.416. The first-order valence-corrected chi connectivity index (χ1v) is 9.58. The predicted octanol–water partition coefficient (Wildman–Crippen LogP) is 3.98. The van der Waals surface area contributed by atoms with Crippen LogP contribution in [-0.2, 0) is 0 Å². The number of aromatic nitrogens is 4. The number of hydrogen-bond donors (Lipinski definition) is 1. The molecule has 4 rings (SSSR count). The number of aromatic amines is 1. The fourth-order valence-corrected chi connectivity index (χ4v) is 3.29. The Morgan fingerprint density at radius 3 is 2.58 bits per heavy atom. The van der Waals surface area contributed by atoms with E-state index < -0.39 is 5.56 Å². The molecule has 2 aromatic carbocycles. The average molecular weight is 409 g/mol. The van der Waals surface area contributed by atoms with Crippen molar-refractivity contribution in [3.8, 4) is 28.8 Å². The van der Waals surface area contributed by atoms with Crippen molar-refractivity contribution in [1.29, 1.82) is 5.26 Å². The summed E-state index contributed by atoms with van der Waals surface area (Å²) in [5, 5.41) is 20.5. The van der Waals surface area contributed by atoms with Gasteiger partial charge in [0.05, 0.1) is 18.5 Å². The summed E-state index contributed by atoms with van der Waals surface area (Å²) in [5.74, 6) is 0.709. The molecule has 7 nitrogen and oxygen atoms in total. The summed E-state index contributed by atoms with van der Waals surface area (Å²) in [6.45, 7) is 1.70. The number of rotatable bonds is 5. The Kier molecular flexibility index (Phi) is 5.45. The highest BCUT2D eigenvalue weighted by Crippen LogP contribution is 2.32. The van der Waals surface area contributed by atoms with E-state index in [-0.39, 0.29) is 5.56 Å². The molecule has 2 aromatic heterocycles. The number of nitrogens with one attached hydrogen (secondary N) is 1. The Hall–Kier alpha value is -4.44. The summed E-state index contributed by atoms with van der Waals surface area (Å²) in [7, 11) is 1.62. The van der Waals surface area contributed by atoms with Gasteiger partial charge in [-0.25, -0.2) is 9.78 Å². The van der Waals surface area contributed by atoms with Crippen molar-refractivity contribution in [2.75, 3.05) is 7.11 Å². The van der Waals surface area contributed by atoms with Crippen LogP contribution in [0.4, 0.5) is 0 Å². The van der Waals surface area contributed by atoms with Gasteiger partial charge in [-0.2, -0.15) is 15.5 Å². The van der Waals surface area contributed by atoms with Gasteiger partial charge in [0.1, 0.15) is 23.1 Å². The van der Waals surface area contributed by atoms with Crippen LogP contribution in [0.15, 0.2) is 65.6 Å². The molecule has 0 saturated carbocycles. The zero-order valence-corrected chi connectivity index (χ0v) is 17.0. The Labute approximate surface area is 178 Å². The number of hydrogen-bond acceptors (Lipinski definition) is 5. The van der Waals surface area contributed by atoms with Crippen molar-refractivity contribution in [1.82, 2.24) is 20.0 Å². The van der Waals surface area contributed by atoms with Crippen molar-refractivity contribution < 1.29 is 4.74 Å². The maximum Gasteiger partial charge on any atom is 0.282 e. The molecule has 0 spiro atoms. The molecule has 0 saturated heterocycles. The first-order chi connectivity index (χ1) is 15.1. The summed E-state index contributed by atoms with van der Waals surface area (Å²) in [6, 6.07) is 19.4. The normalized spacial score (nSPS) is 10.9. The molecular weight excluding hydrogens is 390 g/mol. The van der Waals surface area contributed by atoms with Crippen LogP contribution in [0, 0.1) is 18.3 Å². The Morgan fingerprint density at radius 2 is 1.84 bits per heavy atom. The van der Waals surface area contributed by atoms with Gasteiger partial charge in [0.2, 0.25) is 0 Å². The highest BCUT2D eigenvalue weighted by molar-refractivity contribution is 5.81. The van der Waals surface area contributed by atoms with Crippen LogP contribution in [-0.4, -0.2) is 27.1 Å². The van der Waals surface area contributed by atoms with Gasteiger partial charge in [-0.05, 0) is 48.9 Å². The highest BCUT2D eigenvalue weighted by Gasteiger charge is 2.15. The van der Waals surface area contributed by atoms with Crippen LogP contribution in [0.2, 0.25) is 0 Å². The lowest BCUT2D eigenvalue weighted by Gasteiger charge is -2.06. The molecule has 0 amide bonds. The first-order valence-electron chi connectivity index (χ1n) is 9.58. The molecule has 0 unspecified atom stereocenters. The van der Waals surface area contributed by atoms with E-state index in [1.54, 1.807) is 24.8 Å². The van der Waals surface area contributed by atoms with E-state index in [1.807, 2.05) is 72.9 Å². The molecule has 0 aliphatic rings. The van der Waals surface area contributed by atoms with Gasteiger partial charge in [-0.3, -0.25) is 4.79 Å². The van der Waals surface area contributed by atoms with Crippen molar-refractivity contribution in [3.05, 3.63) is 93.5 Å². The average Bonchev–Trinajstić information content (AvgIpc) is 3.23. The summed E-state index contributed by atoms with van der Waals surface area (Å²) in [4.78, 5) is 11.8. The molecule has 0 bridgehead atoms. The Bertz CT molecular complexity index is 1360. The minimum Gasteiger partial charge on any atom is -0.496 e. The fourth-order valence-electron chi connectivity index (χ4n) is 3.29. The topological polar surface area (TPSA) is 96.6 Å². The summed E-state index contributed by atoms with van der Waals surface area (Å²) in [5.41, 5.74) is 3.93. The monoisotopic (exact) mass is 409 g/mol. The molecule has 2 heterocycles. The van der Waals surface area contributed by atoms with Crippen LogP contribution in [0.3, 0.4) is 0 Å². The third-order valence-electron chi connectivity index (χ3n) is 4.92. The van der Waals surface area contributed by atoms with Gasteiger partial charge in [0.25, 0.3) is 5.56 Å². The summed E-state index contributed by atoms with van der Waals surface area (Å²) >= 11 is 0. The Morgan fingerprint density at radius 1 is 1.10 bits per heavy atom. The molecule has 31 heavy (non-hydrogen) atoms. The number of nitrogens with zero attached hydrogens (tertiary/aromatic N) is 4. The minimum absolute atomic E-state index is 0.0552. The number of para-hydroxylation sites is 2. The smallest absolute Gasteiger partial charge is 0.282 e. The van der Waals surface area contributed by atoms with Crippen LogP contribution >= 0.6 is 0 Å². The lowest BCUT2D eigenvalue weighted by atomic mass is 10.1. The van der Waals surface area contributed by atoms with Crippen molar-refractivity contribution in [2.24, 2.45) is 0 Å². The van der Waals surface area contributed by atoms with E-state index in [9.17, 15) is 10.1 Å². The third kappa shape index (κ3) is 3.87. The summed E-state index contributed by atoms with van der Waals surface area (Å²) < 4.78 is 7.33. The van der Waals surface area contributed by atoms with Gasteiger partial charge in [0.15, 0.2) is 0 Å². The van der Waals surface area contributed by atoms with Crippen molar-refractivity contribution in [3.63, 3.8) is 0 Å². The SMILES string of the molecule is COc1ccccc1-c1nn(-c2ccccc2)cc1/C=C/c1n[nH]c(=O)c(C#N)c1C. The fraction of sp³-hybridized carbons (Fsp3) is 0.0833. The number of H-pyrrole nitrogens is 1. The van der Waals surface area contributed by atoms with Crippen LogP contribution < -0.4 is 10.3 Å². The molecule has 152 valence electrons. The van der Waals surface area contributed by atoms with Gasteiger partial charge in [-0.1, -0.05) is 30.3 Å².